The second-order valence-electron chi connectivity index (χ2n) is 4.04. The van der Waals surface area contributed by atoms with E-state index in [-0.39, 0.29) is 28.3 Å². The molecule has 9 heteroatoms. The zero-order valence-corrected chi connectivity index (χ0v) is 14.9. The summed E-state index contributed by atoms with van der Waals surface area (Å²) in [6, 6.07) is 0. The summed E-state index contributed by atoms with van der Waals surface area (Å²) in [5.74, 6) is -0.0625. The molecule has 0 aromatic rings. The van der Waals surface area contributed by atoms with Crippen LogP contribution in [0.5, 0.6) is 0 Å². The van der Waals surface area contributed by atoms with Crippen molar-refractivity contribution in [1.29, 1.82) is 0 Å². The molecule has 0 aromatic heterocycles. The molecule has 5 N–H and O–H groups in total. The molecule has 0 spiro atoms. The Balaban J connectivity index is -0.000000127. The van der Waals surface area contributed by atoms with Crippen molar-refractivity contribution in [2.45, 2.75) is 27.7 Å². The molecule has 8 nitrogen and oxygen atoms in total. The summed E-state index contributed by atoms with van der Waals surface area (Å²) in [4.78, 5) is 20.5. The Bertz CT molecular complexity index is 271. The zero-order valence-electron chi connectivity index (χ0n) is 13.8. The van der Waals surface area contributed by atoms with Crippen LogP contribution in [0.1, 0.15) is 27.7 Å². The van der Waals surface area contributed by atoms with Crippen LogP contribution in [0.15, 0.2) is 17.2 Å². The number of carbonyl (C=O) groups is 1. The first-order valence-electron chi connectivity index (χ1n) is 6.87. The van der Waals surface area contributed by atoms with Gasteiger partial charge in [-0.2, -0.15) is 0 Å². The minimum Gasteiger partial charge on any atom is -0.512 e. The van der Waals surface area contributed by atoms with E-state index in [0.29, 0.717) is 0 Å². The van der Waals surface area contributed by atoms with Gasteiger partial charge in [-0.25, -0.2) is 0 Å². The van der Waals surface area contributed by atoms with E-state index in [1.807, 2.05) is 0 Å². The molecule has 0 bridgehead atoms. The maximum absolute atomic E-state index is 10.0. The first-order chi connectivity index (χ1) is 9.89. The van der Waals surface area contributed by atoms with E-state index in [2.05, 4.69) is 24.1 Å². The molecule has 22 heavy (non-hydrogen) atoms. The zero-order chi connectivity index (χ0) is 17.1. The van der Waals surface area contributed by atoms with Gasteiger partial charge in [0, 0.05) is 49.0 Å². The molecular weight excluding hydrogens is 335 g/mol. The summed E-state index contributed by atoms with van der Waals surface area (Å²) < 4.78 is 0. The standard InChI is InChI=1S/C8H21N3.C5H8O2.Co.HNO2/c1-3-11(4-2)8-7-10-6-5-9;1-4(6)3-5(2)7;;2-1-3/h10H,3-9H2,1-2H3;3,6H,1-2H3;;(H,2,3)/b;4-3+;;. The van der Waals surface area contributed by atoms with Gasteiger partial charge in [0.1, 0.15) is 0 Å². The van der Waals surface area contributed by atoms with E-state index in [9.17, 15) is 4.79 Å². The third-order valence-electron chi connectivity index (χ3n) is 2.23. The van der Waals surface area contributed by atoms with Gasteiger partial charge < -0.3 is 26.3 Å². The third-order valence-corrected chi connectivity index (χ3v) is 2.23. The largest absolute Gasteiger partial charge is 0.512 e. The number of rotatable bonds is 8. The number of allylic oxidation sites excluding steroid dienone is 2. The van der Waals surface area contributed by atoms with Gasteiger partial charge in [0.15, 0.2) is 11.1 Å². The molecular formula is C13H30CoN4O4. The summed E-state index contributed by atoms with van der Waals surface area (Å²) in [6.45, 7) is 13.4. The Hall–Kier alpha value is -1.00. The van der Waals surface area contributed by atoms with Crippen LogP contribution >= 0.6 is 0 Å². The van der Waals surface area contributed by atoms with Crippen LogP contribution in [0.25, 0.3) is 0 Å². The first-order valence-corrected chi connectivity index (χ1v) is 6.87. The van der Waals surface area contributed by atoms with E-state index in [1.165, 1.54) is 25.3 Å². The van der Waals surface area contributed by atoms with Crippen LogP contribution in [0.2, 0.25) is 0 Å². The van der Waals surface area contributed by atoms with Crippen molar-refractivity contribution in [2.24, 2.45) is 11.1 Å². The molecule has 0 aliphatic carbocycles. The number of likely N-dealkylation sites (N-methyl/N-ethyl adjacent to an activating group) is 1. The van der Waals surface area contributed by atoms with Crippen LogP contribution in [0.4, 0.5) is 0 Å². The van der Waals surface area contributed by atoms with Gasteiger partial charge in [-0.1, -0.05) is 13.8 Å². The van der Waals surface area contributed by atoms with Crippen molar-refractivity contribution in [2.75, 3.05) is 39.3 Å². The number of nitrogens with two attached hydrogens (primary N) is 1. The van der Waals surface area contributed by atoms with Gasteiger partial charge >= 0.3 is 0 Å². The Labute approximate surface area is 143 Å². The van der Waals surface area contributed by atoms with Gasteiger partial charge in [-0.05, 0) is 26.9 Å². The second-order valence-corrected chi connectivity index (χ2v) is 4.04. The molecule has 0 saturated carbocycles. The van der Waals surface area contributed by atoms with Crippen LogP contribution in [0.3, 0.4) is 0 Å². The number of nitrogens with zero attached hydrogens (tertiary/aromatic N) is 2. The second kappa shape index (κ2) is 25.0. The molecule has 1 radical (unpaired) electrons. The van der Waals surface area contributed by atoms with Crippen LogP contribution in [0, 0.1) is 4.91 Å². The fraction of sp³-hybridized carbons (Fsp3) is 0.769. The average Bonchev–Trinajstić information content (AvgIpc) is 2.39. The fourth-order valence-corrected chi connectivity index (χ4v) is 1.30. The number of aliphatic hydroxyl groups excluding tert-OH is 1. The minimum absolute atomic E-state index is 0. The summed E-state index contributed by atoms with van der Waals surface area (Å²) in [6.07, 6.45) is 1.17. The van der Waals surface area contributed by atoms with E-state index >= 15 is 0 Å². The van der Waals surface area contributed by atoms with Gasteiger partial charge in [0.05, 0.1) is 5.76 Å². The minimum atomic E-state index is -0.125. The predicted octanol–water partition coefficient (Wildman–Crippen LogP) is 1.05. The number of hydrogen-bond donors (Lipinski definition) is 4. The van der Waals surface area contributed by atoms with Crippen molar-refractivity contribution in [3.63, 3.8) is 0 Å². The molecule has 0 atom stereocenters. The third kappa shape index (κ3) is 36.4. The maximum atomic E-state index is 10.0. The van der Waals surface area contributed by atoms with E-state index in [1.54, 1.807) is 0 Å². The smallest absolute Gasteiger partial charge is 0.155 e. The molecule has 0 fully saturated rings. The van der Waals surface area contributed by atoms with E-state index in [0.717, 1.165) is 39.3 Å². The maximum Gasteiger partial charge on any atom is 0.155 e. The van der Waals surface area contributed by atoms with Crippen LogP contribution < -0.4 is 11.1 Å². The Kier molecular flexibility index (Phi) is 33.0. The van der Waals surface area contributed by atoms with Gasteiger partial charge in [-0.3, -0.25) is 4.79 Å². The number of ketones is 1. The Morgan fingerprint density at radius 3 is 1.95 bits per heavy atom. The number of carbonyl (C=O) groups excluding carboxylic acids is 1. The SMILES string of the molecule is CC(=O)/C=C(\C)O.CCN(CC)CCNCCN.O=NO.[Co]. The number of hydrogen-bond acceptors (Lipinski definition) is 7. The van der Waals surface area contributed by atoms with Gasteiger partial charge in [0.2, 0.25) is 0 Å². The topological polar surface area (TPSA) is 128 Å². The van der Waals surface area contributed by atoms with E-state index < -0.39 is 0 Å². The van der Waals surface area contributed by atoms with Crippen LogP contribution in [-0.2, 0) is 21.6 Å². The van der Waals surface area contributed by atoms with Crippen LogP contribution in [-0.4, -0.2) is 60.3 Å². The van der Waals surface area contributed by atoms with Gasteiger partial charge in [0.25, 0.3) is 0 Å². The summed E-state index contributed by atoms with van der Waals surface area (Å²) in [7, 11) is 0. The molecule has 0 saturated heterocycles. The molecule has 0 rings (SSSR count). The summed E-state index contributed by atoms with van der Waals surface area (Å²) in [5.41, 5.74) is 5.33. The first kappa shape index (κ1) is 29.1. The Morgan fingerprint density at radius 1 is 1.27 bits per heavy atom. The predicted molar refractivity (Wildman–Crippen MR) is 84.4 cm³/mol. The molecule has 0 aliphatic heterocycles. The molecule has 0 unspecified atom stereocenters. The van der Waals surface area contributed by atoms with Crippen molar-refractivity contribution in [3.8, 4) is 0 Å². The number of nitrogens with one attached hydrogen (secondary N) is 1. The number of aliphatic hydroxyl groups is 1. The average molecular weight is 365 g/mol. The fourth-order valence-electron chi connectivity index (χ4n) is 1.30. The summed E-state index contributed by atoms with van der Waals surface area (Å²) >= 11 is 0. The molecule has 0 heterocycles. The monoisotopic (exact) mass is 365 g/mol. The molecule has 0 amide bonds. The molecule has 0 aromatic carbocycles. The van der Waals surface area contributed by atoms with Crippen molar-refractivity contribution in [1.82, 2.24) is 10.2 Å². The van der Waals surface area contributed by atoms with Gasteiger partial charge in [-0.15, -0.1) is 4.91 Å². The summed E-state index contributed by atoms with van der Waals surface area (Å²) in [5, 5.41) is 19.5. The quantitative estimate of drug-likeness (QED) is 0.166. The van der Waals surface area contributed by atoms with Crippen molar-refractivity contribution < 1.29 is 31.9 Å². The molecule has 135 valence electrons. The van der Waals surface area contributed by atoms with Crippen molar-refractivity contribution >= 4 is 5.78 Å². The van der Waals surface area contributed by atoms with Crippen molar-refractivity contribution in [3.05, 3.63) is 16.7 Å². The Morgan fingerprint density at radius 2 is 1.73 bits per heavy atom. The normalized spacial score (nSPS) is 9.64. The van der Waals surface area contributed by atoms with E-state index in [4.69, 9.17) is 21.0 Å². The molecule has 0 aliphatic rings.